The SMILES string of the molecule is C=C1C=CC(C)=CN1C(=NC1CCCC1)C(=CC)c1ccccc1Cl. The van der Waals surface area contributed by atoms with E-state index in [0.29, 0.717) is 6.04 Å². The third-order valence-corrected chi connectivity index (χ3v) is 5.06. The highest BCUT2D eigenvalue weighted by molar-refractivity contribution is 6.35. The lowest BCUT2D eigenvalue weighted by molar-refractivity contribution is 0.657. The summed E-state index contributed by atoms with van der Waals surface area (Å²) in [4.78, 5) is 7.25. The molecule has 3 rings (SSSR count). The fourth-order valence-electron chi connectivity index (χ4n) is 3.39. The highest BCUT2D eigenvalue weighted by atomic mass is 35.5. The minimum Gasteiger partial charge on any atom is -0.302 e. The molecule has 3 heteroatoms. The van der Waals surface area contributed by atoms with Crippen molar-refractivity contribution in [2.45, 2.75) is 45.6 Å². The van der Waals surface area contributed by atoms with Crippen molar-refractivity contribution in [1.82, 2.24) is 4.90 Å². The van der Waals surface area contributed by atoms with Crippen molar-refractivity contribution in [1.29, 1.82) is 0 Å². The zero-order valence-corrected chi connectivity index (χ0v) is 15.8. The van der Waals surface area contributed by atoms with Crippen LogP contribution in [0.1, 0.15) is 45.1 Å². The molecule has 1 aliphatic carbocycles. The van der Waals surface area contributed by atoms with Gasteiger partial charge in [-0.15, -0.1) is 0 Å². The predicted octanol–water partition coefficient (Wildman–Crippen LogP) is 6.37. The Morgan fingerprint density at radius 3 is 2.64 bits per heavy atom. The van der Waals surface area contributed by atoms with Crippen LogP contribution in [0, 0.1) is 0 Å². The molecule has 0 atom stereocenters. The van der Waals surface area contributed by atoms with Gasteiger partial charge in [0, 0.05) is 28.1 Å². The highest BCUT2D eigenvalue weighted by Gasteiger charge is 2.23. The van der Waals surface area contributed by atoms with Crippen LogP contribution in [0.3, 0.4) is 0 Å². The molecular formula is C22H25ClN2. The molecule has 25 heavy (non-hydrogen) atoms. The summed E-state index contributed by atoms with van der Waals surface area (Å²) in [5, 5.41) is 0.744. The van der Waals surface area contributed by atoms with Gasteiger partial charge in [0.1, 0.15) is 5.84 Å². The molecule has 1 aromatic carbocycles. The normalized spacial score (nSPS) is 19.6. The van der Waals surface area contributed by atoms with Crippen molar-refractivity contribution in [2.24, 2.45) is 4.99 Å². The Morgan fingerprint density at radius 2 is 1.96 bits per heavy atom. The van der Waals surface area contributed by atoms with Gasteiger partial charge in [0.15, 0.2) is 0 Å². The molecule has 130 valence electrons. The Hall–Kier alpha value is -2.06. The second-order valence-corrected chi connectivity index (χ2v) is 7.05. The van der Waals surface area contributed by atoms with Gasteiger partial charge >= 0.3 is 0 Å². The van der Waals surface area contributed by atoms with Gasteiger partial charge in [-0.3, -0.25) is 4.99 Å². The van der Waals surface area contributed by atoms with Gasteiger partial charge in [-0.25, -0.2) is 0 Å². The molecule has 0 bridgehead atoms. The Bertz CT molecular complexity index is 777. The van der Waals surface area contributed by atoms with Gasteiger partial charge in [0.2, 0.25) is 0 Å². The average Bonchev–Trinajstić information content (AvgIpc) is 3.11. The average molecular weight is 353 g/mol. The molecule has 0 unspecified atom stereocenters. The summed E-state index contributed by atoms with van der Waals surface area (Å²) in [6, 6.07) is 8.34. The summed E-state index contributed by atoms with van der Waals surface area (Å²) in [6.07, 6.45) is 13.2. The molecule has 0 N–H and O–H groups in total. The van der Waals surface area contributed by atoms with Gasteiger partial charge in [0.25, 0.3) is 0 Å². The molecule has 1 heterocycles. The van der Waals surface area contributed by atoms with Crippen molar-refractivity contribution >= 4 is 23.0 Å². The number of nitrogens with zero attached hydrogens (tertiary/aromatic N) is 2. The monoisotopic (exact) mass is 352 g/mol. The van der Waals surface area contributed by atoms with Crippen LogP contribution in [-0.4, -0.2) is 16.8 Å². The molecule has 2 nitrogen and oxygen atoms in total. The Kier molecular flexibility index (Phi) is 5.60. The van der Waals surface area contributed by atoms with Gasteiger partial charge < -0.3 is 4.90 Å². The molecule has 1 fully saturated rings. The van der Waals surface area contributed by atoms with Crippen LogP contribution in [0.25, 0.3) is 5.57 Å². The van der Waals surface area contributed by atoms with Crippen LogP contribution in [0.4, 0.5) is 0 Å². The fraction of sp³-hybridized carbons (Fsp3) is 0.318. The van der Waals surface area contributed by atoms with Crippen LogP contribution in [0.15, 0.2) is 71.5 Å². The molecule has 0 saturated heterocycles. The smallest absolute Gasteiger partial charge is 0.140 e. The van der Waals surface area contributed by atoms with Gasteiger partial charge in [-0.2, -0.15) is 0 Å². The molecule has 1 saturated carbocycles. The van der Waals surface area contributed by atoms with Gasteiger partial charge in [-0.05, 0) is 44.4 Å². The minimum absolute atomic E-state index is 0.375. The Morgan fingerprint density at radius 1 is 1.24 bits per heavy atom. The van der Waals surface area contributed by atoms with Crippen LogP contribution in [0.2, 0.25) is 5.02 Å². The summed E-state index contributed by atoms with van der Waals surface area (Å²) < 4.78 is 0. The van der Waals surface area contributed by atoms with E-state index >= 15 is 0 Å². The third kappa shape index (κ3) is 3.96. The number of hydrogen-bond donors (Lipinski definition) is 0. The first-order valence-corrected chi connectivity index (χ1v) is 9.32. The Labute approximate surface area is 155 Å². The molecular weight excluding hydrogens is 328 g/mol. The number of benzene rings is 1. The van der Waals surface area contributed by atoms with Gasteiger partial charge in [-0.1, -0.05) is 61.4 Å². The van der Waals surface area contributed by atoms with E-state index in [1.165, 1.54) is 18.4 Å². The van der Waals surface area contributed by atoms with E-state index in [4.69, 9.17) is 16.6 Å². The molecule has 0 amide bonds. The van der Waals surface area contributed by atoms with Crippen LogP contribution >= 0.6 is 11.6 Å². The summed E-state index contributed by atoms with van der Waals surface area (Å²) >= 11 is 6.50. The molecule has 0 radical (unpaired) electrons. The first-order valence-electron chi connectivity index (χ1n) is 8.94. The topological polar surface area (TPSA) is 15.6 Å². The largest absolute Gasteiger partial charge is 0.302 e. The first kappa shape index (κ1) is 17.8. The molecule has 1 aromatic rings. The maximum atomic E-state index is 6.50. The molecule has 2 aliphatic rings. The van der Waals surface area contributed by atoms with Crippen LogP contribution in [0.5, 0.6) is 0 Å². The standard InChI is InChI=1S/C22H25ClN2/c1-4-19(20-11-7-8-12-21(20)23)22(24-18-9-5-6-10-18)25-15-16(2)13-14-17(25)3/h4,7-8,11-15,18H,3,5-6,9-10H2,1-2H3. The van der Waals surface area contributed by atoms with Crippen LogP contribution in [-0.2, 0) is 0 Å². The molecule has 0 aromatic heterocycles. The number of hydrogen-bond acceptors (Lipinski definition) is 1. The lowest BCUT2D eigenvalue weighted by Crippen LogP contribution is -2.28. The van der Waals surface area contributed by atoms with Crippen molar-refractivity contribution in [3.8, 4) is 0 Å². The van der Waals surface area contributed by atoms with Crippen LogP contribution < -0.4 is 0 Å². The van der Waals surface area contributed by atoms with E-state index in [2.05, 4.69) is 42.8 Å². The van der Waals surface area contributed by atoms with E-state index in [-0.39, 0.29) is 0 Å². The first-order chi connectivity index (χ1) is 12.1. The maximum absolute atomic E-state index is 6.50. The van der Waals surface area contributed by atoms with Gasteiger partial charge in [0.05, 0.1) is 6.04 Å². The number of aliphatic imine (C=N–C) groups is 1. The van der Waals surface area contributed by atoms with E-state index in [1.54, 1.807) is 0 Å². The van der Waals surface area contributed by atoms with E-state index in [1.807, 2.05) is 31.2 Å². The van der Waals surface area contributed by atoms with E-state index in [9.17, 15) is 0 Å². The predicted molar refractivity (Wildman–Crippen MR) is 109 cm³/mol. The second-order valence-electron chi connectivity index (χ2n) is 6.64. The maximum Gasteiger partial charge on any atom is 0.140 e. The summed E-state index contributed by atoms with van der Waals surface area (Å²) in [6.45, 7) is 8.35. The summed E-state index contributed by atoms with van der Waals surface area (Å²) in [5.41, 5.74) is 4.17. The van der Waals surface area contributed by atoms with Crippen molar-refractivity contribution in [3.05, 3.63) is 77.1 Å². The lowest BCUT2D eigenvalue weighted by Gasteiger charge is -2.29. The quantitative estimate of drug-likeness (QED) is 0.455. The molecule has 1 aliphatic heterocycles. The molecule has 0 spiro atoms. The minimum atomic E-state index is 0.375. The lowest BCUT2D eigenvalue weighted by atomic mass is 10.0. The number of rotatable bonds is 3. The summed E-state index contributed by atoms with van der Waals surface area (Å²) in [5.74, 6) is 0.941. The van der Waals surface area contributed by atoms with E-state index in [0.717, 1.165) is 40.5 Å². The second kappa shape index (κ2) is 7.88. The zero-order valence-electron chi connectivity index (χ0n) is 15.0. The van der Waals surface area contributed by atoms with Crippen molar-refractivity contribution < 1.29 is 0 Å². The fourth-order valence-corrected chi connectivity index (χ4v) is 3.62. The number of allylic oxidation sites excluding steroid dienone is 4. The Balaban J connectivity index is 2.09. The third-order valence-electron chi connectivity index (χ3n) is 4.73. The summed E-state index contributed by atoms with van der Waals surface area (Å²) in [7, 11) is 0. The number of amidine groups is 1. The highest BCUT2D eigenvalue weighted by Crippen LogP contribution is 2.31. The van der Waals surface area contributed by atoms with Crippen molar-refractivity contribution in [3.63, 3.8) is 0 Å². The van der Waals surface area contributed by atoms with E-state index < -0.39 is 0 Å². The zero-order chi connectivity index (χ0) is 17.8. The van der Waals surface area contributed by atoms with Crippen molar-refractivity contribution in [2.75, 3.05) is 0 Å². The number of halogens is 1.